The zero-order valence-electron chi connectivity index (χ0n) is 70.2. The number of thioether (sulfide) groups is 1. The van der Waals surface area contributed by atoms with Crippen molar-refractivity contribution in [3.05, 3.63) is 71.8 Å². The Labute approximate surface area is 732 Å². The van der Waals surface area contributed by atoms with E-state index in [1.807, 2.05) is 30.3 Å². The maximum absolute atomic E-state index is 14.9. The minimum atomic E-state index is -1.55. The number of oxime groups is 1. The fourth-order valence-corrected chi connectivity index (χ4v) is 14.9. The predicted octanol–water partition coefficient (Wildman–Crippen LogP) is -0.144. The van der Waals surface area contributed by atoms with Crippen LogP contribution in [0.3, 0.4) is 0 Å². The highest BCUT2D eigenvalue weighted by molar-refractivity contribution is 8.76. The van der Waals surface area contributed by atoms with E-state index >= 15 is 0 Å². The lowest BCUT2D eigenvalue weighted by Crippen LogP contribution is -2.53. The van der Waals surface area contributed by atoms with Gasteiger partial charge in [0.15, 0.2) is 47.3 Å². The topological polar surface area (TPSA) is 551 Å². The molecule has 0 unspecified atom stereocenters. The van der Waals surface area contributed by atoms with E-state index < -0.39 is 158 Å². The first-order valence-corrected chi connectivity index (χ1v) is 44.6. The van der Waals surface area contributed by atoms with Crippen LogP contribution in [-0.2, 0) is 131 Å². The number of amides is 8. The van der Waals surface area contributed by atoms with Crippen molar-refractivity contribution in [1.29, 1.82) is 0 Å². The number of carbonyl (C=O) groups excluding carboxylic acids is 14. The number of ketones is 6. The highest BCUT2D eigenvalue weighted by Crippen LogP contribution is 2.28. The largest absolute Gasteiger partial charge is 0.481 e. The van der Waals surface area contributed by atoms with Gasteiger partial charge >= 0.3 is 5.97 Å². The van der Waals surface area contributed by atoms with E-state index in [2.05, 4.69) is 52.7 Å². The summed E-state index contributed by atoms with van der Waals surface area (Å²) in [6, 6.07) is 12.5. The molecule has 43 heteroatoms. The number of guanidine groups is 1. The van der Waals surface area contributed by atoms with Crippen molar-refractivity contribution in [3.63, 3.8) is 0 Å². The van der Waals surface area contributed by atoms with Gasteiger partial charge in [0.1, 0.15) is 32.5 Å². The van der Waals surface area contributed by atoms with Gasteiger partial charge in [-0.15, -0.1) is 11.8 Å². The first-order valence-electron chi connectivity index (χ1n) is 41.0. The maximum atomic E-state index is 14.9. The minimum Gasteiger partial charge on any atom is -0.481 e. The minimum absolute atomic E-state index is 0. The Bertz CT molecular complexity index is 3600. The number of nitrogens with one attached hydrogen (secondary N) is 8. The second-order valence-corrected chi connectivity index (χ2v) is 31.9. The lowest BCUT2D eigenvalue weighted by Gasteiger charge is -2.26. The molecule has 13 N–H and O–H groups in total. The zero-order chi connectivity index (χ0) is 89.3. The fourth-order valence-electron chi connectivity index (χ4n) is 11.6. The number of hydrogen-bond acceptors (Lipinski definition) is 31. The molecule has 2 aromatic rings. The van der Waals surface area contributed by atoms with E-state index in [1.165, 1.54) is 13.1 Å². The van der Waals surface area contributed by atoms with Crippen molar-refractivity contribution in [2.24, 2.45) is 39.4 Å². The van der Waals surface area contributed by atoms with Gasteiger partial charge in [-0.1, -0.05) is 87.4 Å². The summed E-state index contributed by atoms with van der Waals surface area (Å²) in [5, 5.41) is 35.2. The molecule has 2 bridgehead atoms. The number of carbonyl (C=O) groups is 15. The number of aliphatic imine (C=N–C) groups is 1. The molecule has 7 atom stereocenters. The number of unbranched alkanes of at least 4 members (excludes halogenated alkanes) is 1. The van der Waals surface area contributed by atoms with E-state index in [4.69, 9.17) is 63.7 Å². The number of ether oxygens (including phenoxy) is 10. The maximum Gasteiger partial charge on any atom is 0.304 e. The van der Waals surface area contributed by atoms with E-state index in [1.54, 1.807) is 30.3 Å². The SMILES string of the molecule is CC(=O)COCC(=O)CCCOCCOCCOCCCC(=O)[C@@H]1CSCC(=O)N[C@@H](CCCCNC(=O)COCC(=O)NCCOCCOCCOCCOCCOCCNC(=O)CO/N=C/c2ccccc2)C(=O)N[C@H]2CSSC[C@H](NC(=O)[C@H](CC(=O)O)CC(=O)CNC(=O)[C@H](CCCN=C(N)N)CC2=O)C(=O)C[C@@H](Cc2ccccc2)C(=O)N1.[18FH]. The summed E-state index contributed by atoms with van der Waals surface area (Å²) in [6.45, 7) is 4.08. The summed E-state index contributed by atoms with van der Waals surface area (Å²) in [5.74, 6) is -14.9. The fraction of sp³-hybridized carbons (Fsp3) is 0.642. The van der Waals surface area contributed by atoms with Crippen LogP contribution >= 0.6 is 33.3 Å². The number of Topliss-reactive ketones (excluding diaryl/α,β-unsaturated/α-hetero) is 6. The number of nitrogens with two attached hydrogens (primary N) is 2. The number of hydrogen-bond donors (Lipinski definition) is 11. The molecule has 2 fully saturated rings. The summed E-state index contributed by atoms with van der Waals surface area (Å²) in [4.78, 5) is 211. The quantitative estimate of drug-likeness (QED) is 0.0135. The van der Waals surface area contributed by atoms with Gasteiger partial charge in [-0.2, -0.15) is 0 Å². The van der Waals surface area contributed by atoms with Crippen molar-refractivity contribution in [3.8, 4) is 0 Å². The van der Waals surface area contributed by atoms with Gasteiger partial charge in [-0.25, -0.2) is 0 Å². The Balaban J connectivity index is 0.0000397. The van der Waals surface area contributed by atoms with E-state index in [9.17, 15) is 77.0 Å². The number of aliphatic carboxylic acids is 1. The van der Waals surface area contributed by atoms with Crippen LogP contribution in [0.15, 0.2) is 70.8 Å². The highest BCUT2D eigenvalue weighted by atomic mass is 33.1. The number of fused-ring (bicyclic) bond motifs is 5. The molecule has 0 aromatic heterocycles. The zero-order valence-corrected chi connectivity index (χ0v) is 72.7. The third-order valence-electron chi connectivity index (χ3n) is 17.9. The van der Waals surface area contributed by atoms with Crippen LogP contribution in [0.4, 0.5) is 4.70 Å². The van der Waals surface area contributed by atoms with Crippen LogP contribution in [0.2, 0.25) is 0 Å². The summed E-state index contributed by atoms with van der Waals surface area (Å²) >= 11 is 0.951. The van der Waals surface area contributed by atoms with Crippen molar-refractivity contribution in [2.45, 2.75) is 121 Å². The van der Waals surface area contributed by atoms with Gasteiger partial charge in [0.2, 0.25) is 41.4 Å². The molecule has 0 aliphatic carbocycles. The molecule has 0 saturated carbocycles. The van der Waals surface area contributed by atoms with Crippen molar-refractivity contribution >= 4 is 133 Å². The Hall–Kier alpha value is -8.99. The molecule has 4 rings (SSSR count). The summed E-state index contributed by atoms with van der Waals surface area (Å²) in [6.07, 6.45) is 0.171. The predicted molar refractivity (Wildman–Crippen MR) is 457 cm³/mol. The van der Waals surface area contributed by atoms with Crippen LogP contribution in [0.25, 0.3) is 0 Å². The summed E-state index contributed by atoms with van der Waals surface area (Å²) in [5.41, 5.74) is 12.6. The van der Waals surface area contributed by atoms with E-state index in [0.717, 1.165) is 38.9 Å². The van der Waals surface area contributed by atoms with Crippen LogP contribution in [0.1, 0.15) is 102 Å². The smallest absolute Gasteiger partial charge is 0.304 e. The average Bonchev–Trinajstić information content (AvgIpc) is 1.05. The van der Waals surface area contributed by atoms with Crippen molar-refractivity contribution in [1.82, 2.24) is 42.5 Å². The monoisotopic (exact) mass is 1810 g/mol. The first kappa shape index (κ1) is 109. The molecular formula is C81H123FN12O27S3. The Morgan fingerprint density at radius 1 is 0.508 bits per heavy atom. The number of carboxylic acids is 1. The molecule has 0 radical (unpaired) electrons. The molecule has 8 amide bonds. The second-order valence-electron chi connectivity index (χ2n) is 28.3. The molecule has 39 nitrogen and oxygen atoms in total. The molecule has 2 aliphatic rings. The standard InChI is InChI=1S/C81H122N12O27S3.FH/c1-57(94)48-118-49-63(95)18-11-25-110-29-33-114-34-30-111-26-12-20-69(97)66-53-121-56-75(103)90-65(19-8-9-21-84-72(100)50-119-51-73(101)85-23-27-112-31-35-115-37-39-117-40-38-116-36-32-113-28-24-86-74(102)52-120-89-46-59-15-6-3-7-16-59)80(109)93-68-55-123-122-54-67(71(99)44-61(78(107)91-66)41-58-13-4-2-5-14-58)92-79(108)62(45-76(104)105)42-64(96)47-88-77(106)60(43-70(68)98)17-10-22-87-81(82)83;/h2-7,13-16,46,60-62,65-68H,8-12,17-45,47-56H2,1H3,(H,84,100)(H,85,101)(H,86,102)(H,88,106)(H,90,103)(H,91,107)(H,92,108)(H,93,109)(H,104,105)(H4,82,83,87);1H/b89-46+;/t60-,61-,62+,65+,66+,67+,68+;/m1./s1/i;1-1. The lowest BCUT2D eigenvalue weighted by molar-refractivity contribution is -0.142. The van der Waals surface area contributed by atoms with Crippen LogP contribution in [0, 0.1) is 17.8 Å². The van der Waals surface area contributed by atoms with Gasteiger partial charge in [0.25, 0.3) is 5.91 Å². The van der Waals surface area contributed by atoms with Crippen LogP contribution in [-0.4, -0.2) is 324 Å². The van der Waals surface area contributed by atoms with Gasteiger partial charge in [-0.3, -0.25) is 81.6 Å². The molecule has 2 aliphatic heterocycles. The third-order valence-corrected chi connectivity index (χ3v) is 21.4. The molecule has 694 valence electrons. The first-order chi connectivity index (χ1) is 59.4. The molecule has 2 heterocycles. The molecule has 2 aromatic carbocycles. The normalized spacial score (nSPS) is 18.6. The Morgan fingerprint density at radius 2 is 1.02 bits per heavy atom. The Morgan fingerprint density at radius 3 is 1.58 bits per heavy atom. The van der Waals surface area contributed by atoms with Gasteiger partial charge in [0, 0.05) is 101 Å². The summed E-state index contributed by atoms with van der Waals surface area (Å²) in [7, 11) is 1.98. The van der Waals surface area contributed by atoms with E-state index in [-0.39, 0.29) is 201 Å². The second kappa shape index (κ2) is 69.2. The molecule has 124 heavy (non-hydrogen) atoms. The number of carboxylic acid groups (broad SMARTS) is 1. The highest BCUT2D eigenvalue weighted by Gasteiger charge is 2.36. The average molecular weight is 1810 g/mol. The van der Waals surface area contributed by atoms with Crippen LogP contribution in [0.5, 0.6) is 0 Å². The lowest BCUT2D eigenvalue weighted by atomic mass is 9.90. The van der Waals surface area contributed by atoms with Crippen LogP contribution < -0.4 is 54.0 Å². The number of nitrogens with zero attached hydrogens (tertiary/aromatic N) is 2. The molecule has 2 saturated heterocycles. The summed E-state index contributed by atoms with van der Waals surface area (Å²) < 4.78 is 54.7. The van der Waals surface area contributed by atoms with Gasteiger partial charge in [-0.05, 0) is 69.4 Å². The van der Waals surface area contributed by atoms with Gasteiger partial charge in [0.05, 0.1) is 141 Å². The molecule has 0 spiro atoms. The number of benzene rings is 2. The number of rotatable bonds is 58. The number of halogens is 1. The van der Waals surface area contributed by atoms with Crippen molar-refractivity contribution < 1.29 is 134 Å². The molecular weight excluding hydrogens is 1690 g/mol. The van der Waals surface area contributed by atoms with Gasteiger partial charge < -0.3 is 111 Å². The van der Waals surface area contributed by atoms with E-state index in [0.29, 0.717) is 71.4 Å². The van der Waals surface area contributed by atoms with Crippen molar-refractivity contribution in [2.75, 3.05) is 194 Å². The third kappa shape index (κ3) is 54.7. The Kier molecular flexibility index (Phi) is 61.0.